The Morgan fingerprint density at radius 2 is 1.86 bits per heavy atom. The van der Waals surface area contributed by atoms with E-state index in [9.17, 15) is 9.59 Å². The number of hydrogen-bond acceptors (Lipinski definition) is 9. The van der Waals surface area contributed by atoms with Crippen molar-refractivity contribution in [3.05, 3.63) is 100.0 Å². The Morgan fingerprint density at radius 3 is 2.61 bits per heavy atom. The number of nitrogens with one attached hydrogen (secondary N) is 2. The van der Waals surface area contributed by atoms with Crippen LogP contribution in [0.2, 0.25) is 5.02 Å². The Labute approximate surface area is 329 Å². The van der Waals surface area contributed by atoms with Crippen LogP contribution in [-0.4, -0.2) is 86.9 Å². The van der Waals surface area contributed by atoms with Crippen molar-refractivity contribution in [1.29, 1.82) is 0 Å². The van der Waals surface area contributed by atoms with Crippen LogP contribution in [0.15, 0.2) is 67.0 Å². The summed E-state index contributed by atoms with van der Waals surface area (Å²) in [6.45, 7) is 6.16. The molecule has 1 spiro atoms. The number of aryl methyl sites for hydroxylation is 1. The number of carbonyl (C=O) groups is 2. The fourth-order valence-corrected chi connectivity index (χ4v) is 9.45. The molecule has 9 rings (SSSR count). The zero-order valence-electron chi connectivity index (χ0n) is 31.7. The van der Waals surface area contributed by atoms with Crippen molar-refractivity contribution < 1.29 is 18.4 Å². The molecule has 0 aliphatic carbocycles. The van der Waals surface area contributed by atoms with Crippen LogP contribution in [-0.2, 0) is 22.6 Å². The molecule has 2 aromatic carbocycles. The predicted molar refractivity (Wildman–Crippen MR) is 211 cm³/mol. The lowest BCUT2D eigenvalue weighted by atomic mass is 9.68. The Morgan fingerprint density at radius 1 is 1.02 bits per heavy atom. The number of rotatable bonds is 8. The molecular weight excluding hydrogens is 736 g/mol. The molecule has 11 nitrogen and oxygen atoms in total. The molecule has 56 heavy (non-hydrogen) atoms. The fourth-order valence-electron chi connectivity index (χ4n) is 9.20. The Kier molecular flexibility index (Phi) is 9.09. The minimum Gasteiger partial charge on any atom is -0.385 e. The van der Waals surface area contributed by atoms with Crippen LogP contribution in [0.5, 0.6) is 0 Å². The number of carbonyl (C=O) groups excluding carboxylic acids is 2. The van der Waals surface area contributed by atoms with E-state index in [1.807, 2.05) is 67.0 Å². The van der Waals surface area contributed by atoms with Gasteiger partial charge < -0.3 is 10.2 Å². The number of amides is 2. The van der Waals surface area contributed by atoms with Crippen LogP contribution in [0.3, 0.4) is 0 Å². The molecule has 7 heterocycles. The van der Waals surface area contributed by atoms with Crippen LogP contribution in [0.4, 0.5) is 26.0 Å². The Bertz CT molecular complexity index is 2360. The first-order valence-electron chi connectivity index (χ1n) is 19.3. The summed E-state index contributed by atoms with van der Waals surface area (Å²) in [5.41, 5.74) is 8.37. The normalized spacial score (nSPS) is 21.2. The van der Waals surface area contributed by atoms with E-state index in [4.69, 9.17) is 21.7 Å². The largest absolute Gasteiger partial charge is 0.385 e. The molecule has 4 aliphatic rings. The van der Waals surface area contributed by atoms with E-state index in [0.29, 0.717) is 49.6 Å². The summed E-state index contributed by atoms with van der Waals surface area (Å²) >= 11 is 6.49. The number of pyridine rings is 1. The van der Waals surface area contributed by atoms with Gasteiger partial charge in [-0.3, -0.25) is 29.7 Å². The molecule has 0 saturated carbocycles. The van der Waals surface area contributed by atoms with Gasteiger partial charge in [-0.2, -0.15) is 0 Å². The maximum atomic E-state index is 16.1. The predicted octanol–water partition coefficient (Wildman–Crippen LogP) is 6.91. The highest BCUT2D eigenvalue weighted by Crippen LogP contribution is 2.52. The molecule has 5 aromatic rings. The van der Waals surface area contributed by atoms with E-state index in [2.05, 4.69) is 49.7 Å². The second kappa shape index (κ2) is 13.9. The van der Waals surface area contributed by atoms with Crippen molar-refractivity contribution in [3.8, 4) is 11.3 Å². The first-order valence-corrected chi connectivity index (χ1v) is 19.7. The quantitative estimate of drug-likeness (QED) is 0.162. The van der Waals surface area contributed by atoms with Crippen LogP contribution < -0.4 is 15.5 Å². The molecule has 3 aromatic heterocycles. The highest BCUT2D eigenvalue weighted by molar-refractivity contribution is 6.31. The number of alkyl halides is 2. The topological polar surface area (TPSA) is 111 Å². The molecular formula is C42H44ClF2N9O2. The van der Waals surface area contributed by atoms with Gasteiger partial charge in [0.25, 0.3) is 5.92 Å². The van der Waals surface area contributed by atoms with Crippen LogP contribution in [0.1, 0.15) is 66.1 Å². The molecule has 4 aliphatic heterocycles. The summed E-state index contributed by atoms with van der Waals surface area (Å²) in [5.74, 6) is -3.23. The summed E-state index contributed by atoms with van der Waals surface area (Å²) in [6, 6.07) is 17.6. The summed E-state index contributed by atoms with van der Waals surface area (Å²) in [4.78, 5) is 39.8. The minimum absolute atomic E-state index is 0.239. The van der Waals surface area contributed by atoms with E-state index >= 15 is 8.78 Å². The van der Waals surface area contributed by atoms with E-state index in [1.54, 1.807) is 6.07 Å². The van der Waals surface area contributed by atoms with Crippen molar-refractivity contribution in [2.24, 2.45) is 5.41 Å². The lowest BCUT2D eigenvalue weighted by molar-refractivity contribution is -0.230. The number of hydrogen-bond donors (Lipinski definition) is 2. The van der Waals surface area contributed by atoms with Gasteiger partial charge in [-0.05, 0) is 80.1 Å². The average Bonchev–Trinajstić information content (AvgIpc) is 3.78. The summed E-state index contributed by atoms with van der Waals surface area (Å²) in [6.07, 6.45) is 5.56. The summed E-state index contributed by atoms with van der Waals surface area (Å²) < 4.78 is 34.0. The van der Waals surface area contributed by atoms with Gasteiger partial charge >= 0.3 is 0 Å². The Balaban J connectivity index is 0.841. The molecule has 2 N–H and O–H groups in total. The lowest BCUT2D eigenvalue weighted by Gasteiger charge is -2.58. The zero-order chi connectivity index (χ0) is 38.9. The van der Waals surface area contributed by atoms with Crippen molar-refractivity contribution in [3.63, 3.8) is 0 Å². The molecule has 290 valence electrons. The van der Waals surface area contributed by atoms with Gasteiger partial charge in [0.05, 0.1) is 41.1 Å². The highest BCUT2D eigenvalue weighted by Gasteiger charge is 2.62. The van der Waals surface area contributed by atoms with E-state index < -0.39 is 17.3 Å². The van der Waals surface area contributed by atoms with Crippen LogP contribution in [0.25, 0.3) is 16.9 Å². The third kappa shape index (κ3) is 6.20. The first kappa shape index (κ1) is 36.6. The van der Waals surface area contributed by atoms with E-state index in [0.717, 1.165) is 63.9 Å². The number of fused-ring (bicyclic) bond motifs is 2. The summed E-state index contributed by atoms with van der Waals surface area (Å²) in [5, 5.41) is 11.0. The van der Waals surface area contributed by atoms with Gasteiger partial charge in [0.2, 0.25) is 11.8 Å². The average molecular weight is 780 g/mol. The van der Waals surface area contributed by atoms with Crippen molar-refractivity contribution >= 4 is 46.3 Å². The number of likely N-dealkylation sites (tertiary alicyclic amines) is 2. The number of aromatic nitrogens is 4. The lowest BCUT2D eigenvalue weighted by Crippen LogP contribution is -2.69. The molecule has 2 amide bonds. The number of halogens is 3. The van der Waals surface area contributed by atoms with Crippen molar-refractivity contribution in [2.45, 2.75) is 64.0 Å². The second-order valence-corrected chi connectivity index (χ2v) is 16.3. The third-order valence-electron chi connectivity index (χ3n) is 12.5. The van der Waals surface area contributed by atoms with Gasteiger partial charge in [-0.25, -0.2) is 18.3 Å². The molecule has 3 fully saturated rings. The smallest absolute Gasteiger partial charge is 0.268 e. The molecule has 2 unspecified atom stereocenters. The monoisotopic (exact) mass is 779 g/mol. The Hall–Kier alpha value is -4.98. The van der Waals surface area contributed by atoms with Crippen molar-refractivity contribution in [1.82, 2.24) is 34.7 Å². The molecule has 0 radical (unpaired) electrons. The highest BCUT2D eigenvalue weighted by atomic mass is 35.5. The third-order valence-corrected chi connectivity index (χ3v) is 12.8. The standard InChI is InChI=1S/C42H44ClF2N9O2/c1-25-19-48-39-35(46-3)18-37(50-54(25)39)53-15-13-30-29(5-4-6-36(30)53)34-11-7-27(20-47-34)21-51-22-41(23-51)14-16-52(24-42(41,44)45)26(2)28-8-10-33(43)32(17-28)31-9-12-38(55)49-40(31)56/h4-8,10-11,17-20,26,31,46H,9,12-16,21-24H2,1-3H3,(H,49,55,56). The van der Waals surface area contributed by atoms with Gasteiger partial charge in [-0.1, -0.05) is 41.9 Å². The summed E-state index contributed by atoms with van der Waals surface area (Å²) in [7, 11) is 1.89. The first-order chi connectivity index (χ1) is 26.9. The zero-order valence-corrected chi connectivity index (χ0v) is 32.4. The molecule has 3 saturated heterocycles. The number of benzene rings is 2. The van der Waals surface area contributed by atoms with Gasteiger partial charge in [0.1, 0.15) is 0 Å². The number of piperidine rings is 2. The van der Waals surface area contributed by atoms with Gasteiger partial charge in [0, 0.05) is 74.2 Å². The van der Waals surface area contributed by atoms with Crippen LogP contribution >= 0.6 is 11.6 Å². The minimum atomic E-state index is -2.87. The molecule has 0 bridgehead atoms. The second-order valence-electron chi connectivity index (χ2n) is 15.9. The van der Waals surface area contributed by atoms with Gasteiger partial charge in [0.15, 0.2) is 11.5 Å². The SMILES string of the molecule is CNc1cc(N2CCc3c(-c4ccc(CN5CC6(CCN(C(C)c7ccc(Cl)c(C8CCC(=O)NC8=O)c7)CC6(F)F)C5)cn4)cccc32)nn2c(C)cnc12. The van der Waals surface area contributed by atoms with Crippen LogP contribution in [0, 0.1) is 12.3 Å². The number of anilines is 3. The number of imide groups is 1. The number of nitrogens with zero attached hydrogens (tertiary/aromatic N) is 7. The fraction of sp³-hybridized carbons (Fsp3) is 0.405. The van der Waals surface area contributed by atoms with Crippen molar-refractivity contribution in [2.75, 3.05) is 50.0 Å². The van der Waals surface area contributed by atoms with E-state index in [-0.39, 0.29) is 30.8 Å². The molecule has 2 atom stereocenters. The molecule has 14 heteroatoms. The van der Waals surface area contributed by atoms with Gasteiger partial charge in [-0.15, -0.1) is 5.10 Å². The maximum absolute atomic E-state index is 16.1. The maximum Gasteiger partial charge on any atom is 0.268 e. The van der Waals surface area contributed by atoms with E-state index in [1.165, 1.54) is 5.56 Å². The number of imidazole rings is 1.